The van der Waals surface area contributed by atoms with Crippen LogP contribution in [0.5, 0.6) is 0 Å². The van der Waals surface area contributed by atoms with Crippen LogP contribution in [0.1, 0.15) is 29.6 Å². The molecule has 0 atom stereocenters. The van der Waals surface area contributed by atoms with Crippen LogP contribution in [0.25, 0.3) is 0 Å². The summed E-state index contributed by atoms with van der Waals surface area (Å²) >= 11 is 0. The Morgan fingerprint density at radius 3 is 2.65 bits per heavy atom. The smallest absolute Gasteiger partial charge is 0.124 e. The lowest BCUT2D eigenvalue weighted by Crippen LogP contribution is -2.08. The van der Waals surface area contributed by atoms with Crippen molar-refractivity contribution >= 4 is 5.82 Å². The molecule has 6 heteroatoms. The minimum Gasteiger partial charge on any atom is -0.394 e. The Bertz CT molecular complexity index is 585. The van der Waals surface area contributed by atoms with Gasteiger partial charge in [-0.1, -0.05) is 6.92 Å². The largest absolute Gasteiger partial charge is 0.394 e. The summed E-state index contributed by atoms with van der Waals surface area (Å²) < 4.78 is 3.72. The summed E-state index contributed by atoms with van der Waals surface area (Å²) in [6.07, 6.45) is 0.933. The molecule has 0 saturated heterocycles. The van der Waals surface area contributed by atoms with E-state index in [0.29, 0.717) is 13.1 Å². The van der Waals surface area contributed by atoms with E-state index in [-0.39, 0.29) is 6.61 Å². The number of rotatable bonds is 6. The first-order valence-electron chi connectivity index (χ1n) is 6.97. The molecule has 2 N–H and O–H groups in total. The van der Waals surface area contributed by atoms with Crippen LogP contribution >= 0.6 is 0 Å². The number of aryl methyl sites for hydroxylation is 3. The van der Waals surface area contributed by atoms with Gasteiger partial charge in [0.15, 0.2) is 0 Å². The van der Waals surface area contributed by atoms with E-state index < -0.39 is 0 Å². The Morgan fingerprint density at radius 2 is 2.05 bits per heavy atom. The van der Waals surface area contributed by atoms with E-state index in [9.17, 15) is 0 Å². The molecule has 0 bridgehead atoms. The van der Waals surface area contributed by atoms with Gasteiger partial charge in [-0.05, 0) is 20.3 Å². The van der Waals surface area contributed by atoms with Gasteiger partial charge in [0.1, 0.15) is 5.82 Å². The first-order valence-corrected chi connectivity index (χ1v) is 6.97. The van der Waals surface area contributed by atoms with E-state index in [2.05, 4.69) is 28.5 Å². The van der Waals surface area contributed by atoms with Crippen LogP contribution in [0.15, 0.2) is 6.07 Å². The van der Waals surface area contributed by atoms with E-state index in [1.165, 1.54) is 5.56 Å². The summed E-state index contributed by atoms with van der Waals surface area (Å²) in [5.41, 5.74) is 4.36. The first-order chi connectivity index (χ1) is 9.56. The number of aliphatic hydroxyl groups excluding tert-OH is 1. The molecule has 2 aromatic heterocycles. The molecular formula is C14H23N5O. The Labute approximate surface area is 119 Å². The number of nitrogens with zero attached hydrogens (tertiary/aromatic N) is 4. The molecule has 0 aromatic carbocycles. The number of nitrogens with one attached hydrogen (secondary N) is 1. The second-order valence-electron chi connectivity index (χ2n) is 4.95. The van der Waals surface area contributed by atoms with Gasteiger partial charge in [0.05, 0.1) is 24.5 Å². The Hall–Kier alpha value is -1.82. The van der Waals surface area contributed by atoms with Crippen molar-refractivity contribution in [1.29, 1.82) is 0 Å². The van der Waals surface area contributed by atoms with E-state index in [0.717, 1.165) is 29.3 Å². The SMILES string of the molecule is CCc1cc(NCc2c(C)nn(CCO)c2C)n(C)n1. The molecule has 2 rings (SSSR count). The molecule has 0 aliphatic rings. The molecule has 0 amide bonds. The number of anilines is 1. The van der Waals surface area contributed by atoms with Gasteiger partial charge in [-0.3, -0.25) is 9.36 Å². The van der Waals surface area contributed by atoms with Crippen molar-refractivity contribution in [3.05, 3.63) is 28.7 Å². The Kier molecular flexibility index (Phi) is 4.44. The van der Waals surface area contributed by atoms with Crippen LogP contribution in [-0.4, -0.2) is 31.3 Å². The van der Waals surface area contributed by atoms with Crippen LogP contribution in [0.4, 0.5) is 5.82 Å². The highest BCUT2D eigenvalue weighted by Gasteiger charge is 2.12. The summed E-state index contributed by atoms with van der Waals surface area (Å²) in [5.74, 6) is 1.01. The maximum atomic E-state index is 9.03. The van der Waals surface area contributed by atoms with Gasteiger partial charge in [-0.2, -0.15) is 10.2 Å². The fourth-order valence-electron chi connectivity index (χ4n) is 2.35. The van der Waals surface area contributed by atoms with E-state index >= 15 is 0 Å². The maximum absolute atomic E-state index is 9.03. The van der Waals surface area contributed by atoms with Crippen LogP contribution in [0.2, 0.25) is 0 Å². The zero-order valence-corrected chi connectivity index (χ0v) is 12.6. The van der Waals surface area contributed by atoms with E-state index in [1.54, 1.807) is 0 Å². The molecule has 0 radical (unpaired) electrons. The second kappa shape index (κ2) is 6.09. The predicted molar refractivity (Wildman–Crippen MR) is 78.7 cm³/mol. The molecule has 2 aromatic rings. The maximum Gasteiger partial charge on any atom is 0.124 e. The number of aliphatic hydroxyl groups is 1. The molecule has 0 fully saturated rings. The normalized spacial score (nSPS) is 11.1. The van der Waals surface area contributed by atoms with Crippen molar-refractivity contribution in [2.24, 2.45) is 7.05 Å². The summed E-state index contributed by atoms with van der Waals surface area (Å²) in [5, 5.41) is 21.3. The molecule has 20 heavy (non-hydrogen) atoms. The number of hydrogen-bond donors (Lipinski definition) is 2. The molecule has 0 spiro atoms. The topological polar surface area (TPSA) is 67.9 Å². The van der Waals surface area contributed by atoms with Gasteiger partial charge in [0.25, 0.3) is 0 Å². The number of hydrogen-bond acceptors (Lipinski definition) is 4. The molecule has 2 heterocycles. The van der Waals surface area contributed by atoms with Crippen molar-refractivity contribution in [3.63, 3.8) is 0 Å². The second-order valence-corrected chi connectivity index (χ2v) is 4.95. The monoisotopic (exact) mass is 277 g/mol. The third kappa shape index (κ3) is 2.85. The lowest BCUT2D eigenvalue weighted by molar-refractivity contribution is 0.268. The minimum absolute atomic E-state index is 0.108. The first kappa shape index (κ1) is 14.6. The van der Waals surface area contributed by atoms with Crippen LogP contribution in [0.3, 0.4) is 0 Å². The zero-order chi connectivity index (χ0) is 14.7. The Morgan fingerprint density at radius 1 is 1.30 bits per heavy atom. The zero-order valence-electron chi connectivity index (χ0n) is 12.6. The standard InChI is InChI=1S/C14H23N5O/c1-5-12-8-14(18(4)17-12)15-9-13-10(2)16-19(6-7-20)11(13)3/h8,15,20H,5-7,9H2,1-4H3. The van der Waals surface area contributed by atoms with Gasteiger partial charge in [-0.25, -0.2) is 0 Å². The summed E-state index contributed by atoms with van der Waals surface area (Å²) in [4.78, 5) is 0. The predicted octanol–water partition coefficient (Wildman–Crippen LogP) is 1.40. The third-order valence-electron chi connectivity index (χ3n) is 3.58. The molecule has 6 nitrogen and oxygen atoms in total. The van der Waals surface area contributed by atoms with Gasteiger partial charge in [0.2, 0.25) is 0 Å². The minimum atomic E-state index is 0.108. The van der Waals surface area contributed by atoms with Crippen molar-refractivity contribution in [2.45, 2.75) is 40.3 Å². The van der Waals surface area contributed by atoms with Crippen molar-refractivity contribution < 1.29 is 5.11 Å². The van der Waals surface area contributed by atoms with Crippen molar-refractivity contribution in [3.8, 4) is 0 Å². The fourth-order valence-corrected chi connectivity index (χ4v) is 2.35. The quantitative estimate of drug-likeness (QED) is 0.837. The molecule has 0 unspecified atom stereocenters. The van der Waals surface area contributed by atoms with Crippen molar-refractivity contribution in [1.82, 2.24) is 19.6 Å². The van der Waals surface area contributed by atoms with Gasteiger partial charge in [0, 0.05) is 30.9 Å². The highest BCUT2D eigenvalue weighted by atomic mass is 16.3. The average molecular weight is 277 g/mol. The van der Waals surface area contributed by atoms with Crippen molar-refractivity contribution in [2.75, 3.05) is 11.9 Å². The summed E-state index contributed by atoms with van der Waals surface area (Å²) in [6, 6.07) is 2.07. The number of aromatic nitrogens is 4. The highest BCUT2D eigenvalue weighted by molar-refractivity contribution is 5.39. The molecule has 110 valence electrons. The molecule has 0 aliphatic heterocycles. The summed E-state index contributed by atoms with van der Waals surface area (Å²) in [7, 11) is 1.94. The highest BCUT2D eigenvalue weighted by Crippen LogP contribution is 2.16. The Balaban J connectivity index is 2.12. The van der Waals surface area contributed by atoms with Crippen LogP contribution < -0.4 is 5.32 Å². The lowest BCUT2D eigenvalue weighted by atomic mass is 10.2. The van der Waals surface area contributed by atoms with Crippen LogP contribution in [-0.2, 0) is 26.6 Å². The van der Waals surface area contributed by atoms with Crippen LogP contribution in [0, 0.1) is 13.8 Å². The van der Waals surface area contributed by atoms with Gasteiger partial charge in [-0.15, -0.1) is 0 Å². The summed E-state index contributed by atoms with van der Waals surface area (Å²) in [6.45, 7) is 7.49. The van der Waals surface area contributed by atoms with E-state index in [4.69, 9.17) is 5.11 Å². The van der Waals surface area contributed by atoms with Gasteiger partial charge < -0.3 is 10.4 Å². The van der Waals surface area contributed by atoms with E-state index in [1.807, 2.05) is 30.3 Å². The third-order valence-corrected chi connectivity index (χ3v) is 3.58. The molecule has 0 saturated carbocycles. The fraction of sp³-hybridized carbons (Fsp3) is 0.571. The molecular weight excluding hydrogens is 254 g/mol. The average Bonchev–Trinajstić information content (AvgIpc) is 2.90. The molecule has 0 aliphatic carbocycles. The lowest BCUT2D eigenvalue weighted by Gasteiger charge is -2.07. The van der Waals surface area contributed by atoms with Gasteiger partial charge >= 0.3 is 0 Å².